The van der Waals surface area contributed by atoms with E-state index in [0.29, 0.717) is 22.3 Å². The standard InChI is InChI=1S/C20H22N4O3S3/c1-13(2)12-28-20-23-22-19(29-20)21-18(25)15-10-9-14(3)17(11-15)30(26,27)24-16-7-5-4-6-8-16/h4-11,13,24H,12H2,1-3H3,(H,21,22,25). The lowest BCUT2D eigenvalue weighted by Gasteiger charge is -2.12. The third kappa shape index (κ3) is 5.80. The van der Waals surface area contributed by atoms with E-state index in [1.807, 2.05) is 0 Å². The van der Waals surface area contributed by atoms with Gasteiger partial charge in [-0.15, -0.1) is 10.2 Å². The number of para-hydroxylation sites is 1. The third-order valence-corrected chi connectivity index (χ3v) is 7.86. The average Bonchev–Trinajstić information content (AvgIpc) is 3.14. The number of nitrogens with one attached hydrogen (secondary N) is 2. The number of sulfonamides is 1. The van der Waals surface area contributed by atoms with Crippen LogP contribution in [0.4, 0.5) is 10.8 Å². The van der Waals surface area contributed by atoms with Crippen molar-refractivity contribution >= 4 is 49.8 Å². The maximum Gasteiger partial charge on any atom is 0.262 e. The Hall–Kier alpha value is -2.43. The van der Waals surface area contributed by atoms with Gasteiger partial charge in [-0.25, -0.2) is 8.42 Å². The first-order valence-electron chi connectivity index (χ1n) is 9.21. The topological polar surface area (TPSA) is 101 Å². The molecule has 0 unspecified atom stereocenters. The third-order valence-electron chi connectivity index (χ3n) is 3.93. The maximum atomic E-state index is 12.8. The lowest BCUT2D eigenvalue weighted by atomic mass is 10.1. The van der Waals surface area contributed by atoms with Crippen LogP contribution in [0, 0.1) is 12.8 Å². The number of benzene rings is 2. The van der Waals surface area contributed by atoms with Gasteiger partial charge >= 0.3 is 0 Å². The zero-order chi connectivity index (χ0) is 21.7. The lowest BCUT2D eigenvalue weighted by molar-refractivity contribution is 0.102. The molecule has 3 aromatic rings. The Morgan fingerprint density at radius 1 is 1.13 bits per heavy atom. The summed E-state index contributed by atoms with van der Waals surface area (Å²) in [4.78, 5) is 12.7. The number of nitrogens with zero attached hydrogens (tertiary/aromatic N) is 2. The van der Waals surface area contributed by atoms with Gasteiger partial charge in [-0.3, -0.25) is 14.8 Å². The van der Waals surface area contributed by atoms with E-state index in [2.05, 4.69) is 34.1 Å². The largest absolute Gasteiger partial charge is 0.296 e. The number of aromatic nitrogens is 2. The van der Waals surface area contributed by atoms with Crippen molar-refractivity contribution in [2.24, 2.45) is 5.92 Å². The van der Waals surface area contributed by atoms with Crippen molar-refractivity contribution in [3.63, 3.8) is 0 Å². The van der Waals surface area contributed by atoms with Gasteiger partial charge < -0.3 is 0 Å². The molecule has 0 radical (unpaired) electrons. The summed E-state index contributed by atoms with van der Waals surface area (Å²) in [6.45, 7) is 5.92. The smallest absolute Gasteiger partial charge is 0.262 e. The normalized spacial score (nSPS) is 11.5. The van der Waals surface area contributed by atoms with Crippen LogP contribution in [0.15, 0.2) is 57.8 Å². The highest BCUT2D eigenvalue weighted by atomic mass is 32.2. The Kier molecular flexibility index (Phi) is 7.11. The van der Waals surface area contributed by atoms with Crippen LogP contribution in [0.25, 0.3) is 0 Å². The molecule has 0 aliphatic heterocycles. The first kappa shape index (κ1) is 22.3. The van der Waals surface area contributed by atoms with Crippen molar-refractivity contribution in [2.75, 3.05) is 15.8 Å². The van der Waals surface area contributed by atoms with E-state index in [9.17, 15) is 13.2 Å². The van der Waals surface area contributed by atoms with Gasteiger partial charge in [0.25, 0.3) is 15.9 Å². The van der Waals surface area contributed by atoms with Crippen molar-refractivity contribution in [1.82, 2.24) is 10.2 Å². The molecular weight excluding hydrogens is 440 g/mol. The van der Waals surface area contributed by atoms with Gasteiger partial charge in [-0.2, -0.15) is 0 Å². The number of anilines is 2. The summed E-state index contributed by atoms with van der Waals surface area (Å²) in [6.07, 6.45) is 0. The quantitative estimate of drug-likeness (QED) is 0.373. The minimum Gasteiger partial charge on any atom is -0.296 e. The fourth-order valence-electron chi connectivity index (χ4n) is 2.47. The Morgan fingerprint density at radius 3 is 2.57 bits per heavy atom. The van der Waals surface area contributed by atoms with Crippen LogP contribution < -0.4 is 10.0 Å². The van der Waals surface area contributed by atoms with E-state index in [0.717, 1.165) is 10.1 Å². The first-order chi connectivity index (χ1) is 14.2. The molecule has 2 aromatic carbocycles. The molecule has 0 fully saturated rings. The van der Waals surface area contributed by atoms with Crippen molar-refractivity contribution < 1.29 is 13.2 Å². The number of amides is 1. The molecular formula is C20H22N4O3S3. The second-order valence-electron chi connectivity index (χ2n) is 6.98. The zero-order valence-corrected chi connectivity index (χ0v) is 19.2. The summed E-state index contributed by atoms with van der Waals surface area (Å²) in [5.74, 6) is 0.994. The fraction of sp³-hybridized carbons (Fsp3) is 0.250. The maximum absolute atomic E-state index is 12.8. The van der Waals surface area contributed by atoms with E-state index < -0.39 is 15.9 Å². The molecule has 1 amide bonds. The van der Waals surface area contributed by atoms with Crippen molar-refractivity contribution in [3.8, 4) is 0 Å². The molecule has 158 valence electrons. The van der Waals surface area contributed by atoms with Gasteiger partial charge in [-0.1, -0.05) is 61.2 Å². The predicted octanol–water partition coefficient (Wildman–Crippen LogP) is 4.65. The second kappa shape index (κ2) is 9.59. The van der Waals surface area contributed by atoms with Gasteiger partial charge in [0.05, 0.1) is 4.90 Å². The van der Waals surface area contributed by atoms with Crippen molar-refractivity contribution in [2.45, 2.75) is 30.0 Å². The minimum atomic E-state index is -3.84. The number of carbonyl (C=O) groups excluding carboxylic acids is 1. The SMILES string of the molecule is Cc1ccc(C(=O)Nc2nnc(SCC(C)C)s2)cc1S(=O)(=O)Nc1ccccc1. The Labute approximate surface area is 184 Å². The molecule has 0 saturated carbocycles. The van der Waals surface area contributed by atoms with Crippen molar-refractivity contribution in [3.05, 3.63) is 59.7 Å². The monoisotopic (exact) mass is 462 g/mol. The van der Waals surface area contributed by atoms with Gasteiger partial charge in [-0.05, 0) is 42.7 Å². The highest BCUT2D eigenvalue weighted by molar-refractivity contribution is 8.01. The summed E-state index contributed by atoms with van der Waals surface area (Å²) in [5, 5.41) is 11.1. The number of aryl methyl sites for hydroxylation is 1. The molecule has 0 aliphatic carbocycles. The van der Waals surface area contributed by atoms with E-state index in [1.54, 1.807) is 61.2 Å². The number of hydrogen-bond acceptors (Lipinski definition) is 7. The van der Waals surface area contributed by atoms with E-state index in [-0.39, 0.29) is 10.5 Å². The summed E-state index contributed by atoms with van der Waals surface area (Å²) < 4.78 is 29.0. The molecule has 3 rings (SSSR count). The van der Waals surface area contributed by atoms with Crippen LogP contribution in [-0.2, 0) is 10.0 Å². The highest BCUT2D eigenvalue weighted by Gasteiger charge is 2.20. The zero-order valence-electron chi connectivity index (χ0n) is 16.7. The molecule has 2 N–H and O–H groups in total. The van der Waals surface area contributed by atoms with Gasteiger partial charge in [0.2, 0.25) is 5.13 Å². The molecule has 1 aromatic heterocycles. The summed E-state index contributed by atoms with van der Waals surface area (Å²) in [5.41, 5.74) is 1.21. The van der Waals surface area contributed by atoms with E-state index >= 15 is 0 Å². The van der Waals surface area contributed by atoms with Gasteiger partial charge in [0.1, 0.15) is 0 Å². The first-order valence-corrected chi connectivity index (χ1v) is 12.5. The number of rotatable bonds is 8. The molecule has 0 atom stereocenters. The van der Waals surface area contributed by atoms with E-state index in [4.69, 9.17) is 0 Å². The molecule has 0 saturated heterocycles. The van der Waals surface area contributed by atoms with Crippen molar-refractivity contribution in [1.29, 1.82) is 0 Å². The van der Waals surface area contributed by atoms with E-state index in [1.165, 1.54) is 17.4 Å². The Morgan fingerprint density at radius 2 is 1.87 bits per heavy atom. The molecule has 0 spiro atoms. The minimum absolute atomic E-state index is 0.0458. The van der Waals surface area contributed by atoms with Gasteiger partial charge in [0.15, 0.2) is 4.34 Å². The van der Waals surface area contributed by atoms with Crippen LogP contribution in [0.3, 0.4) is 0 Å². The summed E-state index contributed by atoms with van der Waals surface area (Å²) in [7, 11) is -3.84. The molecule has 0 bridgehead atoms. The average molecular weight is 463 g/mol. The summed E-state index contributed by atoms with van der Waals surface area (Å²) >= 11 is 2.88. The Bertz CT molecular complexity index is 1130. The Balaban J connectivity index is 1.76. The predicted molar refractivity (Wildman–Crippen MR) is 122 cm³/mol. The molecule has 10 heteroatoms. The lowest BCUT2D eigenvalue weighted by Crippen LogP contribution is -2.17. The highest BCUT2D eigenvalue weighted by Crippen LogP contribution is 2.27. The van der Waals surface area contributed by atoms with Crippen LogP contribution in [-0.4, -0.2) is 30.3 Å². The van der Waals surface area contributed by atoms with Crippen LogP contribution in [0.5, 0.6) is 0 Å². The van der Waals surface area contributed by atoms with Crippen LogP contribution in [0.1, 0.15) is 29.8 Å². The molecule has 0 aliphatic rings. The molecule has 7 nitrogen and oxygen atoms in total. The summed E-state index contributed by atoms with van der Waals surface area (Å²) in [6, 6.07) is 13.2. The molecule has 1 heterocycles. The van der Waals surface area contributed by atoms with Crippen LogP contribution in [0.2, 0.25) is 0 Å². The number of carbonyl (C=O) groups is 1. The second-order valence-corrected chi connectivity index (χ2v) is 10.9. The van der Waals surface area contributed by atoms with Gasteiger partial charge in [0, 0.05) is 17.0 Å². The van der Waals surface area contributed by atoms with Crippen LogP contribution >= 0.6 is 23.1 Å². The number of hydrogen-bond donors (Lipinski definition) is 2. The fourth-order valence-corrected chi connectivity index (χ4v) is 5.53. The number of thioether (sulfide) groups is 1. The molecule has 30 heavy (non-hydrogen) atoms.